The number of nitrogens with zero attached hydrogens (tertiary/aromatic N) is 3. The fraction of sp³-hybridized carbons (Fsp3) is 0.407. The number of nitrogens with two attached hydrogens (primary N) is 1. The number of carbonyl (C=O) groups excluding carboxylic acids is 3. The lowest BCUT2D eigenvalue weighted by Crippen LogP contribution is -2.35. The molecule has 4 N–H and O–H groups in total. The Balaban J connectivity index is 1.44. The smallest absolute Gasteiger partial charge is 0.261 e. The molecule has 1 atom stereocenters. The van der Waals surface area contributed by atoms with Gasteiger partial charge in [0.1, 0.15) is 11.9 Å². The number of pyridine rings is 1. The van der Waals surface area contributed by atoms with Gasteiger partial charge in [0.15, 0.2) is 0 Å². The summed E-state index contributed by atoms with van der Waals surface area (Å²) >= 11 is 0. The monoisotopic (exact) mass is 502 g/mol. The molecule has 2 heterocycles. The number of hydrogen-bond acceptors (Lipinski definition) is 6. The van der Waals surface area contributed by atoms with Crippen LogP contribution in [0.15, 0.2) is 47.7 Å². The summed E-state index contributed by atoms with van der Waals surface area (Å²) in [5.41, 5.74) is 6.02. The number of rotatable bonds is 8. The molecule has 0 saturated heterocycles. The summed E-state index contributed by atoms with van der Waals surface area (Å²) in [5.74, 6) is -0.599. The minimum absolute atomic E-state index is 0.181. The van der Waals surface area contributed by atoms with Gasteiger partial charge in [0.25, 0.3) is 11.5 Å². The second-order valence-corrected chi connectivity index (χ2v) is 9.98. The van der Waals surface area contributed by atoms with Crippen LogP contribution in [0.3, 0.4) is 0 Å². The Hall–Kier alpha value is -4.08. The molecule has 1 aromatic carbocycles. The largest absolute Gasteiger partial charge is 0.366 e. The summed E-state index contributed by atoms with van der Waals surface area (Å²) in [4.78, 5) is 59.3. The summed E-state index contributed by atoms with van der Waals surface area (Å²) in [6.45, 7) is 0. The number of amides is 3. The molecule has 3 aromatic rings. The first-order chi connectivity index (χ1) is 17.9. The first kappa shape index (κ1) is 24.6. The van der Waals surface area contributed by atoms with Crippen LogP contribution < -0.4 is 21.9 Å². The standard InChI is InChI=1S/C27H30N6O4/c28-24(34)18-7-11-23(29-14-18)32-26(36)22(12-16-4-2-1-3-5-16)33-15-30-21-13-17(6-10-20(21)27(33)37)25(35)31-19-8-9-19/h6-7,10-11,13-16,19,22H,1-5,8-9,12H2,(H2,28,34)(H,31,35)(H,29,32,36). The average molecular weight is 503 g/mol. The molecular weight excluding hydrogens is 472 g/mol. The number of aromatic nitrogens is 3. The minimum atomic E-state index is -0.789. The van der Waals surface area contributed by atoms with Gasteiger partial charge in [-0.05, 0) is 55.5 Å². The zero-order valence-corrected chi connectivity index (χ0v) is 20.5. The van der Waals surface area contributed by atoms with E-state index in [-0.39, 0.29) is 34.8 Å². The highest BCUT2D eigenvalue weighted by molar-refractivity contribution is 5.98. The van der Waals surface area contributed by atoms with Gasteiger partial charge in [-0.3, -0.25) is 23.7 Å². The maximum absolute atomic E-state index is 13.5. The van der Waals surface area contributed by atoms with E-state index >= 15 is 0 Å². The van der Waals surface area contributed by atoms with Gasteiger partial charge in [-0.2, -0.15) is 0 Å². The Labute approximate surface area is 213 Å². The number of benzene rings is 1. The van der Waals surface area contributed by atoms with E-state index in [9.17, 15) is 19.2 Å². The maximum Gasteiger partial charge on any atom is 0.261 e. The number of primary amides is 1. The first-order valence-electron chi connectivity index (χ1n) is 12.8. The van der Waals surface area contributed by atoms with Crippen LogP contribution in [-0.2, 0) is 4.79 Å². The van der Waals surface area contributed by atoms with Crippen LogP contribution in [0.1, 0.15) is 78.1 Å². The minimum Gasteiger partial charge on any atom is -0.366 e. The Morgan fingerprint density at radius 2 is 1.76 bits per heavy atom. The Morgan fingerprint density at radius 3 is 2.43 bits per heavy atom. The number of fused-ring (bicyclic) bond motifs is 1. The number of carbonyl (C=O) groups is 3. The zero-order valence-electron chi connectivity index (χ0n) is 20.5. The van der Waals surface area contributed by atoms with E-state index in [2.05, 4.69) is 20.6 Å². The third-order valence-electron chi connectivity index (χ3n) is 7.18. The molecule has 37 heavy (non-hydrogen) atoms. The van der Waals surface area contributed by atoms with Crippen molar-refractivity contribution in [3.8, 4) is 0 Å². The third kappa shape index (κ3) is 5.68. The Bertz CT molecular complexity index is 1390. The molecular formula is C27H30N6O4. The quantitative estimate of drug-likeness (QED) is 0.431. The molecule has 10 nitrogen and oxygen atoms in total. The number of hydrogen-bond donors (Lipinski definition) is 3. The van der Waals surface area contributed by atoms with Gasteiger partial charge in [-0.25, -0.2) is 9.97 Å². The molecule has 2 fully saturated rings. The van der Waals surface area contributed by atoms with Crippen molar-refractivity contribution in [3.63, 3.8) is 0 Å². The van der Waals surface area contributed by atoms with E-state index in [1.807, 2.05) is 0 Å². The van der Waals surface area contributed by atoms with Crippen LogP contribution >= 0.6 is 0 Å². The molecule has 0 spiro atoms. The van der Waals surface area contributed by atoms with E-state index in [4.69, 9.17) is 5.73 Å². The molecule has 0 bridgehead atoms. The van der Waals surface area contributed by atoms with Crippen LogP contribution in [0.4, 0.5) is 5.82 Å². The van der Waals surface area contributed by atoms with Crippen LogP contribution in [0, 0.1) is 5.92 Å². The lowest BCUT2D eigenvalue weighted by Gasteiger charge is -2.27. The van der Waals surface area contributed by atoms with E-state index < -0.39 is 11.9 Å². The summed E-state index contributed by atoms with van der Waals surface area (Å²) in [5, 5.41) is 6.06. The van der Waals surface area contributed by atoms with Crippen molar-refractivity contribution in [1.82, 2.24) is 19.9 Å². The van der Waals surface area contributed by atoms with Gasteiger partial charge in [-0.15, -0.1) is 0 Å². The molecule has 2 saturated carbocycles. The average Bonchev–Trinajstić information content (AvgIpc) is 3.72. The van der Waals surface area contributed by atoms with E-state index in [1.165, 1.54) is 35.6 Å². The predicted octanol–water partition coefficient (Wildman–Crippen LogP) is 2.93. The number of nitrogens with one attached hydrogen (secondary N) is 2. The van der Waals surface area contributed by atoms with Gasteiger partial charge >= 0.3 is 0 Å². The van der Waals surface area contributed by atoms with Gasteiger partial charge in [0.2, 0.25) is 11.8 Å². The molecule has 3 amide bonds. The van der Waals surface area contributed by atoms with Crippen LogP contribution in [0.5, 0.6) is 0 Å². The molecule has 1 unspecified atom stereocenters. The highest BCUT2D eigenvalue weighted by Crippen LogP contribution is 2.31. The van der Waals surface area contributed by atoms with Crippen molar-refractivity contribution in [2.45, 2.75) is 63.5 Å². The molecule has 5 rings (SSSR count). The topological polar surface area (TPSA) is 149 Å². The van der Waals surface area contributed by atoms with Crippen LogP contribution in [0.25, 0.3) is 10.9 Å². The van der Waals surface area contributed by atoms with Gasteiger partial charge < -0.3 is 16.4 Å². The Morgan fingerprint density at radius 1 is 1.00 bits per heavy atom. The summed E-state index contributed by atoms with van der Waals surface area (Å²) in [7, 11) is 0. The highest BCUT2D eigenvalue weighted by atomic mass is 16.2. The van der Waals surface area contributed by atoms with Crippen molar-refractivity contribution in [2.75, 3.05) is 5.32 Å². The van der Waals surface area contributed by atoms with Gasteiger partial charge in [-0.1, -0.05) is 32.1 Å². The molecule has 2 aliphatic rings. The second-order valence-electron chi connectivity index (χ2n) is 9.98. The van der Waals surface area contributed by atoms with E-state index in [0.717, 1.165) is 38.5 Å². The fourth-order valence-electron chi connectivity index (χ4n) is 4.90. The molecule has 192 valence electrons. The normalized spacial score (nSPS) is 16.8. The highest BCUT2D eigenvalue weighted by Gasteiger charge is 2.28. The van der Waals surface area contributed by atoms with Crippen molar-refractivity contribution in [3.05, 3.63) is 64.3 Å². The van der Waals surface area contributed by atoms with Gasteiger partial charge in [0.05, 0.1) is 22.8 Å². The lowest BCUT2D eigenvalue weighted by molar-refractivity contribution is -0.120. The molecule has 0 radical (unpaired) electrons. The zero-order chi connectivity index (χ0) is 25.9. The van der Waals surface area contributed by atoms with Gasteiger partial charge in [0, 0.05) is 17.8 Å². The van der Waals surface area contributed by atoms with E-state index in [1.54, 1.807) is 18.2 Å². The van der Waals surface area contributed by atoms with Crippen molar-refractivity contribution < 1.29 is 14.4 Å². The van der Waals surface area contributed by atoms with Crippen LogP contribution in [0.2, 0.25) is 0 Å². The second kappa shape index (κ2) is 10.5. The maximum atomic E-state index is 13.5. The predicted molar refractivity (Wildman–Crippen MR) is 138 cm³/mol. The van der Waals surface area contributed by atoms with Crippen molar-refractivity contribution in [2.24, 2.45) is 11.7 Å². The van der Waals surface area contributed by atoms with Crippen molar-refractivity contribution >= 4 is 34.4 Å². The van der Waals surface area contributed by atoms with E-state index in [0.29, 0.717) is 28.8 Å². The Kier molecular flexibility index (Phi) is 6.98. The van der Waals surface area contributed by atoms with Crippen LogP contribution in [-0.4, -0.2) is 38.3 Å². The van der Waals surface area contributed by atoms with Crippen molar-refractivity contribution in [1.29, 1.82) is 0 Å². The summed E-state index contributed by atoms with van der Waals surface area (Å²) in [6, 6.07) is 7.26. The molecule has 10 heteroatoms. The molecule has 0 aliphatic heterocycles. The third-order valence-corrected chi connectivity index (χ3v) is 7.18. The SMILES string of the molecule is NC(=O)c1ccc(NC(=O)C(CC2CCCCC2)n2cnc3cc(C(=O)NC4CC4)ccc3c2=O)nc1. The first-order valence-corrected chi connectivity index (χ1v) is 12.8. The molecule has 2 aromatic heterocycles. The summed E-state index contributed by atoms with van der Waals surface area (Å²) < 4.78 is 1.38. The number of anilines is 1. The lowest BCUT2D eigenvalue weighted by atomic mass is 9.84. The molecule has 2 aliphatic carbocycles. The fourth-order valence-corrected chi connectivity index (χ4v) is 4.90. The summed E-state index contributed by atoms with van der Waals surface area (Å²) in [6.07, 6.45) is 10.6.